The number of methoxy groups -OCH3 is 1. The highest BCUT2D eigenvalue weighted by Crippen LogP contribution is 2.28. The van der Waals surface area contributed by atoms with Gasteiger partial charge in [0.15, 0.2) is 11.5 Å². The van der Waals surface area contributed by atoms with Crippen molar-refractivity contribution in [3.8, 4) is 17.2 Å². The number of hydrogen-bond donors (Lipinski definition) is 0. The minimum absolute atomic E-state index is 0.0328. The van der Waals surface area contributed by atoms with E-state index >= 15 is 0 Å². The van der Waals surface area contributed by atoms with Crippen molar-refractivity contribution in [3.63, 3.8) is 0 Å². The standard InChI is InChI=1S/C25H21NO5/c1-15-8-10-24(31-15)22-13-20(19-6-4-5-7-21(19)26-22)25(28)30-14-18-12-17(16(2)27)9-11-23(18)29-3/h4-13H,14H2,1-3H3. The van der Waals surface area contributed by atoms with Crippen LogP contribution in [0.4, 0.5) is 0 Å². The van der Waals surface area contributed by atoms with Gasteiger partial charge in [-0.3, -0.25) is 4.79 Å². The van der Waals surface area contributed by atoms with Crippen molar-refractivity contribution in [2.24, 2.45) is 0 Å². The van der Waals surface area contributed by atoms with Crippen LogP contribution in [0.25, 0.3) is 22.4 Å². The Morgan fingerprint density at radius 2 is 1.84 bits per heavy atom. The average molecular weight is 415 g/mol. The highest BCUT2D eigenvalue weighted by molar-refractivity contribution is 6.04. The maximum absolute atomic E-state index is 13.1. The monoisotopic (exact) mass is 415 g/mol. The Bertz CT molecular complexity index is 1290. The maximum atomic E-state index is 13.1. The number of carbonyl (C=O) groups is 2. The number of para-hydroxylation sites is 1. The van der Waals surface area contributed by atoms with Crippen LogP contribution in [0.15, 0.2) is 65.1 Å². The van der Waals surface area contributed by atoms with Gasteiger partial charge in [0.05, 0.1) is 18.2 Å². The Balaban J connectivity index is 1.68. The summed E-state index contributed by atoms with van der Waals surface area (Å²) in [5.74, 6) is 1.30. The Morgan fingerprint density at radius 1 is 1.03 bits per heavy atom. The predicted molar refractivity (Wildman–Crippen MR) is 116 cm³/mol. The van der Waals surface area contributed by atoms with Gasteiger partial charge in [-0.15, -0.1) is 0 Å². The third-order valence-corrected chi connectivity index (χ3v) is 4.97. The molecule has 0 saturated heterocycles. The van der Waals surface area contributed by atoms with Gasteiger partial charge in [0.25, 0.3) is 0 Å². The third-order valence-electron chi connectivity index (χ3n) is 4.97. The molecular weight excluding hydrogens is 394 g/mol. The van der Waals surface area contributed by atoms with Crippen molar-refractivity contribution in [2.45, 2.75) is 20.5 Å². The molecule has 0 unspecified atom stereocenters. The second kappa shape index (κ2) is 8.44. The van der Waals surface area contributed by atoms with E-state index < -0.39 is 5.97 Å². The number of pyridine rings is 1. The number of furan rings is 1. The molecule has 0 spiro atoms. The topological polar surface area (TPSA) is 78.6 Å². The Morgan fingerprint density at radius 3 is 2.55 bits per heavy atom. The number of Topliss-reactive ketones (excluding diaryl/α,β-unsaturated/α-hetero) is 1. The van der Waals surface area contributed by atoms with E-state index in [1.54, 1.807) is 24.3 Å². The van der Waals surface area contributed by atoms with Gasteiger partial charge in [0.2, 0.25) is 0 Å². The van der Waals surface area contributed by atoms with E-state index in [1.165, 1.54) is 14.0 Å². The zero-order chi connectivity index (χ0) is 22.0. The van der Waals surface area contributed by atoms with Gasteiger partial charge in [0.1, 0.15) is 23.8 Å². The summed E-state index contributed by atoms with van der Waals surface area (Å²) in [5.41, 5.74) is 2.74. The molecule has 6 nitrogen and oxygen atoms in total. The highest BCUT2D eigenvalue weighted by atomic mass is 16.5. The van der Waals surface area contributed by atoms with E-state index in [4.69, 9.17) is 13.9 Å². The zero-order valence-corrected chi connectivity index (χ0v) is 17.5. The summed E-state index contributed by atoms with van der Waals surface area (Å²) in [5, 5.41) is 0.684. The normalized spacial score (nSPS) is 10.8. The molecule has 156 valence electrons. The van der Waals surface area contributed by atoms with Crippen molar-refractivity contribution in [3.05, 3.63) is 83.1 Å². The molecule has 0 aliphatic rings. The summed E-state index contributed by atoms with van der Waals surface area (Å²) >= 11 is 0. The fourth-order valence-electron chi connectivity index (χ4n) is 3.37. The Kier molecular flexibility index (Phi) is 5.54. The quantitative estimate of drug-likeness (QED) is 0.311. The van der Waals surface area contributed by atoms with Crippen LogP contribution in [0, 0.1) is 6.92 Å². The third kappa shape index (κ3) is 4.19. The van der Waals surface area contributed by atoms with E-state index in [0.29, 0.717) is 44.8 Å². The first-order chi connectivity index (χ1) is 15.0. The van der Waals surface area contributed by atoms with Crippen molar-refractivity contribution in [1.82, 2.24) is 4.98 Å². The molecule has 0 aliphatic heterocycles. The molecule has 2 aromatic carbocycles. The summed E-state index contributed by atoms with van der Waals surface area (Å²) < 4.78 is 16.6. The van der Waals surface area contributed by atoms with Crippen LogP contribution in [0.5, 0.6) is 5.75 Å². The van der Waals surface area contributed by atoms with Crippen molar-refractivity contribution in [1.29, 1.82) is 0 Å². The van der Waals surface area contributed by atoms with Crippen molar-refractivity contribution in [2.75, 3.05) is 7.11 Å². The van der Waals surface area contributed by atoms with Gasteiger partial charge < -0.3 is 13.9 Å². The van der Waals surface area contributed by atoms with Crippen LogP contribution >= 0.6 is 0 Å². The van der Waals surface area contributed by atoms with Crippen molar-refractivity contribution >= 4 is 22.7 Å². The molecule has 0 atom stereocenters. The summed E-state index contributed by atoms with van der Waals surface area (Å²) in [7, 11) is 1.53. The smallest absolute Gasteiger partial charge is 0.339 e. The number of aryl methyl sites for hydroxylation is 1. The molecule has 6 heteroatoms. The molecule has 0 N–H and O–H groups in total. The van der Waals surface area contributed by atoms with Crippen LogP contribution in [0.1, 0.15) is 39.0 Å². The molecule has 0 fully saturated rings. The van der Waals surface area contributed by atoms with Gasteiger partial charge in [-0.1, -0.05) is 18.2 Å². The maximum Gasteiger partial charge on any atom is 0.339 e. The first-order valence-corrected chi connectivity index (χ1v) is 9.78. The van der Waals surface area contributed by atoms with E-state index in [-0.39, 0.29) is 12.4 Å². The minimum atomic E-state index is -0.501. The molecule has 2 heterocycles. The van der Waals surface area contributed by atoms with E-state index in [1.807, 2.05) is 43.3 Å². The number of nitrogens with zero attached hydrogens (tertiary/aromatic N) is 1. The summed E-state index contributed by atoms with van der Waals surface area (Å²) in [6.45, 7) is 3.30. The molecule has 0 radical (unpaired) electrons. The van der Waals surface area contributed by atoms with Crippen LogP contribution in [0.2, 0.25) is 0 Å². The fraction of sp³-hybridized carbons (Fsp3) is 0.160. The molecule has 31 heavy (non-hydrogen) atoms. The van der Waals surface area contributed by atoms with Crippen LogP contribution in [-0.4, -0.2) is 23.8 Å². The number of fused-ring (bicyclic) bond motifs is 1. The number of aromatic nitrogens is 1. The SMILES string of the molecule is COc1ccc(C(C)=O)cc1COC(=O)c1cc(-c2ccc(C)o2)nc2ccccc12. The van der Waals surface area contributed by atoms with Gasteiger partial charge >= 0.3 is 5.97 Å². The van der Waals surface area contributed by atoms with E-state index in [2.05, 4.69) is 4.98 Å². The number of rotatable bonds is 6. The lowest BCUT2D eigenvalue weighted by molar-refractivity contribution is 0.0472. The number of hydrogen-bond acceptors (Lipinski definition) is 6. The number of carbonyl (C=O) groups excluding carboxylic acids is 2. The predicted octanol–water partition coefficient (Wildman–Crippen LogP) is 5.37. The summed E-state index contributed by atoms with van der Waals surface area (Å²) in [4.78, 5) is 29.4. The Hall–Kier alpha value is -3.93. The van der Waals surface area contributed by atoms with Gasteiger partial charge in [0, 0.05) is 16.5 Å². The molecule has 0 bridgehead atoms. The number of ether oxygens (including phenoxy) is 2. The molecule has 2 aromatic heterocycles. The molecule has 4 aromatic rings. The van der Waals surface area contributed by atoms with Crippen molar-refractivity contribution < 1.29 is 23.5 Å². The van der Waals surface area contributed by atoms with Gasteiger partial charge in [-0.05, 0) is 56.3 Å². The van der Waals surface area contributed by atoms with E-state index in [0.717, 1.165) is 5.76 Å². The number of esters is 1. The number of benzene rings is 2. The average Bonchev–Trinajstić information content (AvgIpc) is 3.22. The summed E-state index contributed by atoms with van der Waals surface area (Å²) in [6, 6.07) is 17.8. The van der Waals surface area contributed by atoms with Gasteiger partial charge in [-0.25, -0.2) is 9.78 Å². The highest BCUT2D eigenvalue weighted by Gasteiger charge is 2.18. The van der Waals surface area contributed by atoms with Crippen LogP contribution in [-0.2, 0) is 11.3 Å². The molecule has 4 rings (SSSR count). The lowest BCUT2D eigenvalue weighted by Gasteiger charge is -2.12. The molecule has 0 saturated carbocycles. The Labute approximate surface area is 179 Å². The minimum Gasteiger partial charge on any atom is -0.496 e. The lowest BCUT2D eigenvalue weighted by atomic mass is 10.1. The van der Waals surface area contributed by atoms with E-state index in [9.17, 15) is 9.59 Å². The molecular formula is C25H21NO5. The van der Waals surface area contributed by atoms with Crippen LogP contribution in [0.3, 0.4) is 0 Å². The summed E-state index contributed by atoms with van der Waals surface area (Å²) in [6.07, 6.45) is 0. The second-order valence-electron chi connectivity index (χ2n) is 7.14. The van der Waals surface area contributed by atoms with Crippen LogP contribution < -0.4 is 4.74 Å². The largest absolute Gasteiger partial charge is 0.496 e. The molecule has 0 aliphatic carbocycles. The first kappa shape index (κ1) is 20.3. The first-order valence-electron chi connectivity index (χ1n) is 9.78. The second-order valence-corrected chi connectivity index (χ2v) is 7.14. The number of ketones is 1. The van der Waals surface area contributed by atoms with Gasteiger partial charge in [-0.2, -0.15) is 0 Å². The fourth-order valence-corrected chi connectivity index (χ4v) is 3.37. The molecule has 0 amide bonds. The zero-order valence-electron chi connectivity index (χ0n) is 17.5. The lowest BCUT2D eigenvalue weighted by Crippen LogP contribution is -2.08.